The van der Waals surface area contributed by atoms with Crippen molar-refractivity contribution in [2.75, 3.05) is 36.4 Å². The minimum atomic E-state index is -0.0635. The number of carbonyl (C=O) groups is 1. The summed E-state index contributed by atoms with van der Waals surface area (Å²) >= 11 is 0. The van der Waals surface area contributed by atoms with Crippen LogP contribution in [0.4, 0.5) is 11.8 Å². The second kappa shape index (κ2) is 8.68. The summed E-state index contributed by atoms with van der Waals surface area (Å²) in [4.78, 5) is 30.0. The van der Waals surface area contributed by atoms with Gasteiger partial charge in [0.15, 0.2) is 0 Å². The van der Waals surface area contributed by atoms with Gasteiger partial charge >= 0.3 is 0 Å². The van der Waals surface area contributed by atoms with Crippen LogP contribution in [-0.2, 0) is 6.54 Å². The van der Waals surface area contributed by atoms with Gasteiger partial charge in [-0.3, -0.25) is 4.79 Å². The van der Waals surface area contributed by atoms with E-state index >= 15 is 0 Å². The molecule has 1 amide bonds. The molecule has 148 valence electrons. The first-order chi connectivity index (χ1) is 14.2. The summed E-state index contributed by atoms with van der Waals surface area (Å²) < 4.78 is 0. The van der Waals surface area contributed by atoms with Gasteiger partial charge in [0.05, 0.1) is 0 Å². The van der Waals surface area contributed by atoms with E-state index < -0.39 is 0 Å². The third-order valence-electron chi connectivity index (χ3n) is 4.99. The maximum Gasteiger partial charge on any atom is 0.272 e. The SMILES string of the molecule is Cc1ccc(CNc2nccc(C(=O)N3CCN(c4ccccn4)CC3)n2)cc1. The molecule has 0 aliphatic carbocycles. The van der Waals surface area contributed by atoms with Crippen molar-refractivity contribution in [3.8, 4) is 0 Å². The van der Waals surface area contributed by atoms with E-state index in [0.29, 0.717) is 31.3 Å². The number of pyridine rings is 1. The smallest absolute Gasteiger partial charge is 0.272 e. The van der Waals surface area contributed by atoms with Crippen LogP contribution in [0.25, 0.3) is 0 Å². The zero-order chi connectivity index (χ0) is 20.1. The van der Waals surface area contributed by atoms with E-state index in [1.54, 1.807) is 18.5 Å². The number of hydrogen-bond acceptors (Lipinski definition) is 6. The maximum absolute atomic E-state index is 12.9. The first-order valence-corrected chi connectivity index (χ1v) is 9.77. The molecule has 0 spiro atoms. The van der Waals surface area contributed by atoms with Gasteiger partial charge in [0.1, 0.15) is 11.5 Å². The summed E-state index contributed by atoms with van der Waals surface area (Å²) in [5.74, 6) is 1.35. The van der Waals surface area contributed by atoms with E-state index in [1.165, 1.54) is 5.56 Å². The Kier molecular flexibility index (Phi) is 5.65. The molecule has 2 aromatic heterocycles. The van der Waals surface area contributed by atoms with Crippen LogP contribution in [0.2, 0.25) is 0 Å². The highest BCUT2D eigenvalue weighted by Crippen LogP contribution is 2.14. The van der Waals surface area contributed by atoms with Crippen LogP contribution < -0.4 is 10.2 Å². The van der Waals surface area contributed by atoms with Crippen LogP contribution >= 0.6 is 0 Å². The van der Waals surface area contributed by atoms with Crippen LogP contribution in [0.15, 0.2) is 60.9 Å². The van der Waals surface area contributed by atoms with Crippen molar-refractivity contribution in [1.29, 1.82) is 0 Å². The molecular formula is C22H24N6O. The lowest BCUT2D eigenvalue weighted by molar-refractivity contribution is 0.0740. The third-order valence-corrected chi connectivity index (χ3v) is 4.99. The van der Waals surface area contributed by atoms with Crippen molar-refractivity contribution in [2.24, 2.45) is 0 Å². The van der Waals surface area contributed by atoms with Crippen LogP contribution in [0.5, 0.6) is 0 Å². The predicted molar refractivity (Wildman–Crippen MR) is 113 cm³/mol. The number of anilines is 2. The fraction of sp³-hybridized carbons (Fsp3) is 0.273. The number of aryl methyl sites for hydroxylation is 1. The molecule has 0 unspecified atom stereocenters. The van der Waals surface area contributed by atoms with Gasteiger partial charge in [-0.05, 0) is 30.7 Å². The number of carbonyl (C=O) groups excluding carboxylic acids is 1. The summed E-state index contributed by atoms with van der Waals surface area (Å²) in [5.41, 5.74) is 2.78. The average Bonchev–Trinajstić information content (AvgIpc) is 2.79. The van der Waals surface area contributed by atoms with Gasteiger partial charge in [-0.1, -0.05) is 35.9 Å². The van der Waals surface area contributed by atoms with Gasteiger partial charge in [-0.15, -0.1) is 0 Å². The van der Waals surface area contributed by atoms with Crippen LogP contribution in [0, 0.1) is 6.92 Å². The van der Waals surface area contributed by atoms with E-state index in [4.69, 9.17) is 0 Å². The summed E-state index contributed by atoms with van der Waals surface area (Å²) in [5, 5.41) is 3.20. The molecule has 1 N–H and O–H groups in total. The summed E-state index contributed by atoms with van der Waals surface area (Å²) in [6.07, 6.45) is 3.42. The maximum atomic E-state index is 12.9. The topological polar surface area (TPSA) is 74.2 Å². The van der Waals surface area contributed by atoms with Crippen LogP contribution in [-0.4, -0.2) is 51.9 Å². The van der Waals surface area contributed by atoms with Crippen molar-refractivity contribution in [3.05, 3.63) is 77.7 Å². The van der Waals surface area contributed by atoms with E-state index in [0.717, 1.165) is 24.5 Å². The van der Waals surface area contributed by atoms with Crippen LogP contribution in [0.3, 0.4) is 0 Å². The molecule has 0 atom stereocenters. The number of hydrogen-bond donors (Lipinski definition) is 1. The van der Waals surface area contributed by atoms with E-state index in [-0.39, 0.29) is 5.91 Å². The summed E-state index contributed by atoms with van der Waals surface area (Å²) in [6, 6.07) is 15.8. The summed E-state index contributed by atoms with van der Waals surface area (Å²) in [7, 11) is 0. The van der Waals surface area contributed by atoms with Gasteiger partial charge in [0, 0.05) is 45.1 Å². The van der Waals surface area contributed by atoms with E-state index in [1.807, 2.05) is 23.1 Å². The molecule has 0 bridgehead atoms. The lowest BCUT2D eigenvalue weighted by Crippen LogP contribution is -2.49. The Morgan fingerprint density at radius 3 is 2.48 bits per heavy atom. The minimum Gasteiger partial charge on any atom is -0.353 e. The second-order valence-electron chi connectivity index (χ2n) is 7.07. The Labute approximate surface area is 170 Å². The quantitative estimate of drug-likeness (QED) is 0.724. The highest BCUT2D eigenvalue weighted by atomic mass is 16.2. The van der Waals surface area contributed by atoms with Gasteiger partial charge in [0.25, 0.3) is 5.91 Å². The minimum absolute atomic E-state index is 0.0635. The molecule has 7 heteroatoms. The zero-order valence-corrected chi connectivity index (χ0v) is 16.5. The average molecular weight is 388 g/mol. The number of benzene rings is 1. The normalized spacial score (nSPS) is 14.0. The first-order valence-electron chi connectivity index (χ1n) is 9.77. The van der Waals surface area contributed by atoms with Crippen molar-refractivity contribution < 1.29 is 4.79 Å². The molecule has 29 heavy (non-hydrogen) atoms. The molecule has 4 rings (SSSR count). The molecule has 0 saturated carbocycles. The fourth-order valence-electron chi connectivity index (χ4n) is 3.29. The number of nitrogens with one attached hydrogen (secondary N) is 1. The molecule has 3 heterocycles. The second-order valence-corrected chi connectivity index (χ2v) is 7.07. The zero-order valence-electron chi connectivity index (χ0n) is 16.5. The van der Waals surface area contributed by atoms with E-state index in [2.05, 4.69) is 56.4 Å². The highest BCUT2D eigenvalue weighted by Gasteiger charge is 2.23. The Balaban J connectivity index is 1.35. The number of amides is 1. The lowest BCUT2D eigenvalue weighted by Gasteiger charge is -2.35. The molecule has 1 fully saturated rings. The molecule has 1 aromatic carbocycles. The van der Waals surface area contributed by atoms with Crippen molar-refractivity contribution in [3.63, 3.8) is 0 Å². The van der Waals surface area contributed by atoms with Crippen LogP contribution in [0.1, 0.15) is 21.6 Å². The Morgan fingerprint density at radius 2 is 1.76 bits per heavy atom. The third kappa shape index (κ3) is 4.68. The van der Waals surface area contributed by atoms with Gasteiger partial charge in [0.2, 0.25) is 5.95 Å². The van der Waals surface area contributed by atoms with Crippen molar-refractivity contribution >= 4 is 17.7 Å². The molecular weight excluding hydrogens is 364 g/mol. The summed E-state index contributed by atoms with van der Waals surface area (Å²) in [6.45, 7) is 5.47. The number of nitrogens with zero attached hydrogens (tertiary/aromatic N) is 5. The van der Waals surface area contributed by atoms with E-state index in [9.17, 15) is 4.79 Å². The molecule has 1 saturated heterocycles. The van der Waals surface area contributed by atoms with Gasteiger partial charge < -0.3 is 15.1 Å². The molecule has 7 nitrogen and oxygen atoms in total. The Morgan fingerprint density at radius 1 is 0.966 bits per heavy atom. The number of piperazine rings is 1. The lowest BCUT2D eigenvalue weighted by atomic mass is 10.1. The molecule has 3 aromatic rings. The monoisotopic (exact) mass is 388 g/mol. The van der Waals surface area contributed by atoms with Gasteiger partial charge in [-0.2, -0.15) is 0 Å². The molecule has 1 aliphatic rings. The highest BCUT2D eigenvalue weighted by molar-refractivity contribution is 5.92. The molecule has 0 radical (unpaired) electrons. The molecule has 1 aliphatic heterocycles. The Hall–Kier alpha value is -3.48. The standard InChI is InChI=1S/C22H24N6O/c1-17-5-7-18(8-6-17)16-25-22-24-11-9-19(26-22)21(29)28-14-12-27(13-15-28)20-4-2-3-10-23-20/h2-11H,12-16H2,1H3,(H,24,25,26). The largest absolute Gasteiger partial charge is 0.353 e. The first kappa shape index (κ1) is 18.9. The fourth-order valence-corrected chi connectivity index (χ4v) is 3.29. The predicted octanol–water partition coefficient (Wildman–Crippen LogP) is 2.75. The van der Waals surface area contributed by atoms with Crippen molar-refractivity contribution in [2.45, 2.75) is 13.5 Å². The van der Waals surface area contributed by atoms with Gasteiger partial charge in [-0.25, -0.2) is 15.0 Å². The number of aromatic nitrogens is 3. The van der Waals surface area contributed by atoms with Crippen molar-refractivity contribution in [1.82, 2.24) is 19.9 Å². The number of rotatable bonds is 5. The Bertz CT molecular complexity index is 953.